The van der Waals surface area contributed by atoms with E-state index >= 15 is 8.78 Å². The predicted molar refractivity (Wildman–Crippen MR) is 169 cm³/mol. The van der Waals surface area contributed by atoms with Crippen LogP contribution >= 0.6 is 0 Å². The minimum Gasteiger partial charge on any atom is -0.494 e. The standard InChI is InChI=1S/C38H44F2O/c1-3-5-7-9-11-13-29-14-16-32(17-15-29)35-26-27-36(38(40)37(35)39)33-20-18-30(19-21-33)31-22-24-34(25-23-31)41-28-12-10-8-6-4-2/h14-27H,3-13,28H2,1-2H3. The largest absolute Gasteiger partial charge is 0.494 e. The highest BCUT2D eigenvalue weighted by molar-refractivity contribution is 5.74. The molecule has 0 unspecified atom stereocenters. The van der Waals surface area contributed by atoms with Crippen LogP contribution in [-0.4, -0.2) is 6.61 Å². The van der Waals surface area contributed by atoms with Gasteiger partial charge in [0.2, 0.25) is 0 Å². The molecule has 0 N–H and O–H groups in total. The monoisotopic (exact) mass is 554 g/mol. The van der Waals surface area contributed by atoms with Crippen LogP contribution in [0.15, 0.2) is 84.9 Å². The molecular formula is C38H44F2O. The summed E-state index contributed by atoms with van der Waals surface area (Å²) in [6.07, 6.45) is 13.3. The molecule has 0 saturated heterocycles. The lowest BCUT2D eigenvalue weighted by molar-refractivity contribution is 0.304. The van der Waals surface area contributed by atoms with Gasteiger partial charge in [-0.2, -0.15) is 0 Å². The molecule has 0 fully saturated rings. The molecule has 0 amide bonds. The smallest absolute Gasteiger partial charge is 0.167 e. The third-order valence-electron chi connectivity index (χ3n) is 7.82. The minimum absolute atomic E-state index is 0.268. The zero-order valence-electron chi connectivity index (χ0n) is 24.7. The summed E-state index contributed by atoms with van der Waals surface area (Å²) in [6.45, 7) is 5.18. The van der Waals surface area contributed by atoms with Crippen molar-refractivity contribution in [3.05, 3.63) is 102 Å². The van der Waals surface area contributed by atoms with Gasteiger partial charge in [-0.3, -0.25) is 0 Å². The molecule has 0 aliphatic heterocycles. The average Bonchev–Trinajstić information content (AvgIpc) is 3.01. The van der Waals surface area contributed by atoms with Crippen molar-refractivity contribution in [2.24, 2.45) is 0 Å². The van der Waals surface area contributed by atoms with Crippen LogP contribution in [0.3, 0.4) is 0 Å². The Labute approximate surface area is 245 Å². The fraction of sp³-hybridized carbons (Fsp3) is 0.368. The molecule has 1 nitrogen and oxygen atoms in total. The van der Waals surface area contributed by atoms with Gasteiger partial charge < -0.3 is 4.74 Å². The molecule has 4 rings (SSSR count). The highest BCUT2D eigenvalue weighted by atomic mass is 19.2. The van der Waals surface area contributed by atoms with Gasteiger partial charge in [0.15, 0.2) is 11.6 Å². The lowest BCUT2D eigenvalue weighted by Gasteiger charge is -2.11. The molecule has 4 aromatic carbocycles. The number of rotatable bonds is 16. The van der Waals surface area contributed by atoms with Crippen LogP contribution in [0.25, 0.3) is 33.4 Å². The van der Waals surface area contributed by atoms with Crippen LogP contribution in [-0.2, 0) is 6.42 Å². The van der Waals surface area contributed by atoms with Crippen molar-refractivity contribution >= 4 is 0 Å². The van der Waals surface area contributed by atoms with Crippen molar-refractivity contribution in [1.29, 1.82) is 0 Å². The van der Waals surface area contributed by atoms with Gasteiger partial charge in [-0.25, -0.2) is 8.78 Å². The van der Waals surface area contributed by atoms with E-state index in [0.717, 1.165) is 42.7 Å². The van der Waals surface area contributed by atoms with Crippen LogP contribution in [0.2, 0.25) is 0 Å². The second-order valence-corrected chi connectivity index (χ2v) is 11.0. The van der Waals surface area contributed by atoms with Gasteiger partial charge in [0.25, 0.3) is 0 Å². The normalized spacial score (nSPS) is 11.1. The summed E-state index contributed by atoms with van der Waals surface area (Å²) in [5, 5.41) is 0. The van der Waals surface area contributed by atoms with Crippen molar-refractivity contribution in [2.45, 2.75) is 84.5 Å². The Morgan fingerprint density at radius 2 is 0.902 bits per heavy atom. The molecule has 0 aliphatic carbocycles. The van der Waals surface area contributed by atoms with E-state index in [1.807, 2.05) is 72.8 Å². The molecule has 0 bridgehead atoms. The van der Waals surface area contributed by atoms with E-state index in [9.17, 15) is 0 Å². The summed E-state index contributed by atoms with van der Waals surface area (Å²) >= 11 is 0. The molecule has 4 aromatic rings. The number of ether oxygens (including phenoxy) is 1. The lowest BCUT2D eigenvalue weighted by Crippen LogP contribution is -1.97. The number of unbranched alkanes of at least 4 members (excludes halogenated alkanes) is 8. The summed E-state index contributed by atoms with van der Waals surface area (Å²) in [4.78, 5) is 0. The number of benzene rings is 4. The molecule has 0 aliphatic rings. The molecule has 0 radical (unpaired) electrons. The van der Waals surface area contributed by atoms with Crippen molar-refractivity contribution in [2.75, 3.05) is 6.61 Å². The number of halogens is 2. The van der Waals surface area contributed by atoms with Crippen molar-refractivity contribution in [3.8, 4) is 39.1 Å². The lowest BCUT2D eigenvalue weighted by atomic mass is 9.96. The van der Waals surface area contributed by atoms with E-state index in [4.69, 9.17) is 4.74 Å². The summed E-state index contributed by atoms with van der Waals surface area (Å²) in [6, 6.07) is 26.9. The zero-order chi connectivity index (χ0) is 28.9. The van der Waals surface area contributed by atoms with Crippen LogP contribution in [0, 0.1) is 11.6 Å². The number of aryl methyl sites for hydroxylation is 1. The molecule has 0 spiro atoms. The van der Waals surface area contributed by atoms with Gasteiger partial charge in [0.05, 0.1) is 6.61 Å². The van der Waals surface area contributed by atoms with E-state index in [1.165, 1.54) is 56.9 Å². The third kappa shape index (κ3) is 8.76. The first-order valence-corrected chi connectivity index (χ1v) is 15.5. The molecule has 0 atom stereocenters. The van der Waals surface area contributed by atoms with E-state index in [2.05, 4.69) is 13.8 Å². The van der Waals surface area contributed by atoms with Crippen LogP contribution < -0.4 is 4.74 Å². The van der Waals surface area contributed by atoms with Gasteiger partial charge in [-0.05, 0) is 59.2 Å². The molecule has 41 heavy (non-hydrogen) atoms. The summed E-state index contributed by atoms with van der Waals surface area (Å²) in [5.74, 6) is -0.748. The average molecular weight is 555 g/mol. The van der Waals surface area contributed by atoms with Crippen LogP contribution in [0.5, 0.6) is 5.75 Å². The maximum atomic E-state index is 15.2. The van der Waals surface area contributed by atoms with Crippen molar-refractivity contribution in [1.82, 2.24) is 0 Å². The Balaban J connectivity index is 1.37. The topological polar surface area (TPSA) is 9.23 Å². The first-order valence-electron chi connectivity index (χ1n) is 15.5. The molecule has 0 saturated carbocycles. The van der Waals surface area contributed by atoms with E-state index in [-0.39, 0.29) is 5.56 Å². The molecule has 216 valence electrons. The van der Waals surface area contributed by atoms with Gasteiger partial charge in [-0.1, -0.05) is 138 Å². The fourth-order valence-corrected chi connectivity index (χ4v) is 5.26. The molecule has 0 aromatic heterocycles. The maximum absolute atomic E-state index is 15.2. The van der Waals surface area contributed by atoms with Crippen LogP contribution in [0.4, 0.5) is 8.78 Å². The Hall–Kier alpha value is -3.46. The summed E-state index contributed by atoms with van der Waals surface area (Å²) in [7, 11) is 0. The van der Waals surface area contributed by atoms with E-state index in [1.54, 1.807) is 12.1 Å². The van der Waals surface area contributed by atoms with Crippen LogP contribution in [0.1, 0.15) is 83.6 Å². The fourth-order valence-electron chi connectivity index (χ4n) is 5.26. The minimum atomic E-state index is -0.813. The maximum Gasteiger partial charge on any atom is 0.167 e. The van der Waals surface area contributed by atoms with E-state index < -0.39 is 11.6 Å². The number of hydrogen-bond donors (Lipinski definition) is 0. The Kier molecular flexibility index (Phi) is 12.0. The highest BCUT2D eigenvalue weighted by Gasteiger charge is 2.16. The molecular weight excluding hydrogens is 510 g/mol. The molecule has 3 heteroatoms. The second-order valence-electron chi connectivity index (χ2n) is 11.0. The van der Waals surface area contributed by atoms with Gasteiger partial charge in [0, 0.05) is 11.1 Å². The SMILES string of the molecule is CCCCCCCOc1ccc(-c2ccc(-c3ccc(-c4ccc(CCCCCCC)cc4)c(F)c3F)cc2)cc1. The number of hydrogen-bond acceptors (Lipinski definition) is 1. The van der Waals surface area contributed by atoms with Gasteiger partial charge in [0.1, 0.15) is 5.75 Å². The van der Waals surface area contributed by atoms with Crippen molar-refractivity contribution in [3.63, 3.8) is 0 Å². The Morgan fingerprint density at radius 3 is 1.44 bits per heavy atom. The first-order chi connectivity index (χ1) is 20.1. The first kappa shape index (κ1) is 30.5. The summed E-state index contributed by atoms with van der Waals surface area (Å²) in [5.41, 5.74) is 5.22. The Morgan fingerprint density at radius 1 is 0.463 bits per heavy atom. The Bertz CT molecular complexity index is 1320. The van der Waals surface area contributed by atoms with Gasteiger partial charge in [-0.15, -0.1) is 0 Å². The van der Waals surface area contributed by atoms with Gasteiger partial charge >= 0.3 is 0 Å². The zero-order valence-corrected chi connectivity index (χ0v) is 24.7. The highest BCUT2D eigenvalue weighted by Crippen LogP contribution is 2.33. The third-order valence-corrected chi connectivity index (χ3v) is 7.82. The van der Waals surface area contributed by atoms with Crippen molar-refractivity contribution < 1.29 is 13.5 Å². The molecule has 0 heterocycles. The summed E-state index contributed by atoms with van der Waals surface area (Å²) < 4.78 is 36.3. The quantitative estimate of drug-likeness (QED) is 0.125. The second kappa shape index (κ2) is 16.1. The van der Waals surface area contributed by atoms with E-state index in [0.29, 0.717) is 16.7 Å². The predicted octanol–water partition coefficient (Wildman–Crippen LogP) is 11.8.